The predicted octanol–water partition coefficient (Wildman–Crippen LogP) is 3.06. The summed E-state index contributed by atoms with van der Waals surface area (Å²) in [5.41, 5.74) is 9.39. The summed E-state index contributed by atoms with van der Waals surface area (Å²) >= 11 is 0. The van der Waals surface area contributed by atoms with Gasteiger partial charge in [-0.1, -0.05) is 43.2 Å². The summed E-state index contributed by atoms with van der Waals surface area (Å²) < 4.78 is 0. The van der Waals surface area contributed by atoms with Crippen LogP contribution in [0.5, 0.6) is 0 Å². The molecule has 3 amide bonds. The number of nitrogens with zero attached hydrogens (tertiary/aromatic N) is 1. The summed E-state index contributed by atoms with van der Waals surface area (Å²) in [5.74, 6) is -0.898. The third-order valence-corrected chi connectivity index (χ3v) is 6.27. The van der Waals surface area contributed by atoms with Crippen molar-refractivity contribution in [3.05, 3.63) is 64.7 Å². The van der Waals surface area contributed by atoms with Crippen LogP contribution in [0.1, 0.15) is 52.7 Å². The molecule has 1 heterocycles. The molecule has 6 nitrogen and oxygen atoms in total. The van der Waals surface area contributed by atoms with E-state index in [0.717, 1.165) is 42.4 Å². The zero-order valence-electron chi connectivity index (χ0n) is 17.2. The molecule has 156 valence electrons. The van der Waals surface area contributed by atoms with E-state index in [9.17, 15) is 14.4 Å². The lowest BCUT2D eigenvalue weighted by Gasteiger charge is -2.19. The van der Waals surface area contributed by atoms with Gasteiger partial charge in [-0.25, -0.2) is 4.90 Å². The number of benzene rings is 2. The molecule has 2 aromatic rings. The van der Waals surface area contributed by atoms with Crippen molar-refractivity contribution in [2.45, 2.75) is 45.7 Å². The van der Waals surface area contributed by atoms with Gasteiger partial charge in [0.1, 0.15) is 0 Å². The van der Waals surface area contributed by atoms with Crippen LogP contribution in [0.2, 0.25) is 0 Å². The van der Waals surface area contributed by atoms with Crippen molar-refractivity contribution >= 4 is 23.4 Å². The van der Waals surface area contributed by atoms with E-state index in [0.29, 0.717) is 24.3 Å². The molecule has 3 N–H and O–H groups in total. The van der Waals surface area contributed by atoms with Gasteiger partial charge in [-0.2, -0.15) is 0 Å². The first-order valence-electron chi connectivity index (χ1n) is 10.5. The van der Waals surface area contributed by atoms with Gasteiger partial charge in [-0.05, 0) is 48.6 Å². The summed E-state index contributed by atoms with van der Waals surface area (Å²) in [6.45, 7) is 2.73. The molecule has 0 spiro atoms. The third kappa shape index (κ3) is 3.75. The number of nitrogens with two attached hydrogens (primary N) is 1. The molecule has 30 heavy (non-hydrogen) atoms. The Labute approximate surface area is 176 Å². The van der Waals surface area contributed by atoms with Crippen LogP contribution < -0.4 is 16.0 Å². The Morgan fingerprint density at radius 3 is 2.20 bits per heavy atom. The highest BCUT2D eigenvalue weighted by molar-refractivity contribution is 6.22. The summed E-state index contributed by atoms with van der Waals surface area (Å²) in [7, 11) is 0. The van der Waals surface area contributed by atoms with Gasteiger partial charge in [-0.3, -0.25) is 14.4 Å². The fourth-order valence-electron chi connectivity index (χ4n) is 4.47. The molecule has 1 aliphatic heterocycles. The third-order valence-electron chi connectivity index (χ3n) is 6.27. The molecule has 6 heteroatoms. The van der Waals surface area contributed by atoms with Gasteiger partial charge >= 0.3 is 0 Å². The second-order valence-electron chi connectivity index (χ2n) is 8.21. The standard InChI is InChI=1S/C24H27N3O3/c1-15-6-11-18(22(28)26-14-17-9-7-16(13-25)8-10-17)12-21(15)27-23(29)19-4-2-3-5-20(19)24(27)30/h6-12,19-20H,2-5,13-14,25H2,1H3,(H,26,28). The summed E-state index contributed by atoms with van der Waals surface area (Å²) in [6.07, 6.45) is 3.52. The van der Waals surface area contributed by atoms with E-state index < -0.39 is 0 Å². The van der Waals surface area contributed by atoms with Gasteiger partial charge < -0.3 is 11.1 Å². The molecular weight excluding hydrogens is 378 g/mol. The van der Waals surface area contributed by atoms with Gasteiger partial charge in [0, 0.05) is 18.7 Å². The van der Waals surface area contributed by atoms with Crippen LogP contribution in [0.3, 0.4) is 0 Å². The maximum atomic E-state index is 12.9. The molecule has 2 fully saturated rings. The van der Waals surface area contributed by atoms with Gasteiger partial charge in [0.05, 0.1) is 17.5 Å². The molecule has 2 unspecified atom stereocenters. The lowest BCUT2D eigenvalue weighted by atomic mass is 9.81. The maximum Gasteiger partial charge on any atom is 0.251 e. The molecule has 1 saturated heterocycles. The fourth-order valence-corrected chi connectivity index (χ4v) is 4.47. The molecule has 4 rings (SSSR count). The first kappa shape index (κ1) is 20.3. The summed E-state index contributed by atoms with van der Waals surface area (Å²) in [6, 6.07) is 12.9. The zero-order chi connectivity index (χ0) is 21.3. The Balaban J connectivity index is 1.52. The molecule has 2 aliphatic rings. The highest BCUT2D eigenvalue weighted by Crippen LogP contribution is 2.41. The topological polar surface area (TPSA) is 92.5 Å². The molecule has 0 aromatic heterocycles. The Hall–Kier alpha value is -2.99. The highest BCUT2D eigenvalue weighted by atomic mass is 16.2. The normalized spacial score (nSPS) is 20.9. The van der Waals surface area contributed by atoms with Crippen LogP contribution in [0.15, 0.2) is 42.5 Å². The van der Waals surface area contributed by atoms with Crippen molar-refractivity contribution in [2.24, 2.45) is 17.6 Å². The molecule has 2 aromatic carbocycles. The zero-order valence-corrected chi connectivity index (χ0v) is 17.2. The Bertz CT molecular complexity index is 960. The average Bonchev–Trinajstić information content (AvgIpc) is 3.03. The van der Waals surface area contributed by atoms with Gasteiger partial charge in [0.2, 0.25) is 11.8 Å². The van der Waals surface area contributed by atoms with Crippen molar-refractivity contribution in [2.75, 3.05) is 4.90 Å². The Morgan fingerprint density at radius 1 is 1.00 bits per heavy atom. The molecule has 1 saturated carbocycles. The predicted molar refractivity (Wildman–Crippen MR) is 115 cm³/mol. The van der Waals surface area contributed by atoms with Crippen molar-refractivity contribution < 1.29 is 14.4 Å². The van der Waals surface area contributed by atoms with Crippen LogP contribution in [0, 0.1) is 18.8 Å². The largest absolute Gasteiger partial charge is 0.348 e. The van der Waals surface area contributed by atoms with Crippen LogP contribution in [-0.4, -0.2) is 17.7 Å². The quantitative estimate of drug-likeness (QED) is 0.748. The van der Waals surface area contributed by atoms with E-state index in [1.165, 1.54) is 4.90 Å². The summed E-state index contributed by atoms with van der Waals surface area (Å²) in [4.78, 5) is 39.9. The second-order valence-corrected chi connectivity index (χ2v) is 8.21. The van der Waals surface area contributed by atoms with Crippen LogP contribution >= 0.6 is 0 Å². The smallest absolute Gasteiger partial charge is 0.251 e. The number of aryl methyl sites for hydroxylation is 1. The number of nitrogens with one attached hydrogen (secondary N) is 1. The summed E-state index contributed by atoms with van der Waals surface area (Å²) in [5, 5.41) is 2.90. The number of imide groups is 1. The van der Waals surface area contributed by atoms with Crippen LogP contribution in [0.4, 0.5) is 5.69 Å². The lowest BCUT2D eigenvalue weighted by Crippen LogP contribution is -2.32. The number of anilines is 1. The molecule has 2 atom stereocenters. The number of amides is 3. The molecule has 1 aliphatic carbocycles. The number of rotatable bonds is 5. The molecular formula is C24H27N3O3. The second kappa shape index (κ2) is 8.40. The maximum absolute atomic E-state index is 12.9. The van der Waals surface area contributed by atoms with Crippen molar-refractivity contribution in [1.82, 2.24) is 5.32 Å². The van der Waals surface area contributed by atoms with E-state index >= 15 is 0 Å². The van der Waals surface area contributed by atoms with E-state index in [2.05, 4.69) is 5.32 Å². The van der Waals surface area contributed by atoms with E-state index in [-0.39, 0.29) is 29.6 Å². The SMILES string of the molecule is Cc1ccc(C(=O)NCc2ccc(CN)cc2)cc1N1C(=O)C2CCCCC2C1=O. The van der Waals surface area contributed by atoms with Crippen molar-refractivity contribution in [3.63, 3.8) is 0 Å². The first-order valence-corrected chi connectivity index (χ1v) is 10.5. The number of carbonyl (C=O) groups is 3. The number of hydrogen-bond donors (Lipinski definition) is 2. The minimum absolute atomic E-state index is 0.120. The first-order chi connectivity index (χ1) is 14.5. The Kier molecular flexibility index (Phi) is 5.68. The molecule has 0 radical (unpaired) electrons. The monoisotopic (exact) mass is 405 g/mol. The highest BCUT2D eigenvalue weighted by Gasteiger charge is 2.49. The minimum atomic E-state index is -0.240. The van der Waals surface area contributed by atoms with Gasteiger partial charge in [0.15, 0.2) is 0 Å². The number of hydrogen-bond acceptors (Lipinski definition) is 4. The van der Waals surface area contributed by atoms with Crippen molar-refractivity contribution in [1.29, 1.82) is 0 Å². The van der Waals surface area contributed by atoms with Crippen molar-refractivity contribution in [3.8, 4) is 0 Å². The van der Waals surface area contributed by atoms with E-state index in [4.69, 9.17) is 5.73 Å². The minimum Gasteiger partial charge on any atom is -0.348 e. The molecule has 0 bridgehead atoms. The van der Waals surface area contributed by atoms with Gasteiger partial charge in [-0.15, -0.1) is 0 Å². The average molecular weight is 405 g/mol. The van der Waals surface area contributed by atoms with E-state index in [1.54, 1.807) is 18.2 Å². The van der Waals surface area contributed by atoms with E-state index in [1.807, 2.05) is 31.2 Å². The number of fused-ring (bicyclic) bond motifs is 1. The van der Waals surface area contributed by atoms with Crippen LogP contribution in [0.25, 0.3) is 0 Å². The fraction of sp³-hybridized carbons (Fsp3) is 0.375. The Morgan fingerprint density at radius 2 is 1.60 bits per heavy atom. The van der Waals surface area contributed by atoms with Crippen LogP contribution in [-0.2, 0) is 22.7 Å². The number of carbonyl (C=O) groups excluding carboxylic acids is 3. The van der Waals surface area contributed by atoms with Gasteiger partial charge in [0.25, 0.3) is 5.91 Å². The lowest BCUT2D eigenvalue weighted by molar-refractivity contribution is -0.122.